The maximum absolute atomic E-state index is 12.9. The van der Waals surface area contributed by atoms with Gasteiger partial charge in [-0.2, -0.15) is 13.2 Å². The van der Waals surface area contributed by atoms with Gasteiger partial charge >= 0.3 is 6.18 Å². The minimum absolute atomic E-state index is 0.0428. The molecular weight excluding hydrogens is 393 g/mol. The standard InChI is InChI=1S/C16H14ClF3N2O3S/c1-22(2)15(23)10-4-3-5-11(8-10)21-26(24,25)12-6-7-14(17)13(9-12)16(18,19)20/h3-9,21H,1-2H3. The number of benzene rings is 2. The summed E-state index contributed by atoms with van der Waals surface area (Å²) in [6, 6.07) is 7.91. The van der Waals surface area contributed by atoms with Crippen molar-refractivity contribution in [3.8, 4) is 0 Å². The van der Waals surface area contributed by atoms with Crippen molar-refractivity contribution in [1.82, 2.24) is 4.90 Å². The van der Waals surface area contributed by atoms with Gasteiger partial charge in [0.25, 0.3) is 15.9 Å². The summed E-state index contributed by atoms with van der Waals surface area (Å²) in [6.07, 6.45) is -4.79. The molecule has 1 amide bonds. The van der Waals surface area contributed by atoms with Gasteiger partial charge in [-0.25, -0.2) is 8.42 Å². The van der Waals surface area contributed by atoms with Crippen LogP contribution < -0.4 is 4.72 Å². The number of carbonyl (C=O) groups excluding carboxylic acids is 1. The molecule has 140 valence electrons. The van der Waals surface area contributed by atoms with Crippen LogP contribution in [0.3, 0.4) is 0 Å². The van der Waals surface area contributed by atoms with Crippen LogP contribution in [0.1, 0.15) is 15.9 Å². The molecule has 1 N–H and O–H groups in total. The zero-order chi connectivity index (χ0) is 19.7. The quantitative estimate of drug-likeness (QED) is 0.838. The molecule has 10 heteroatoms. The molecule has 0 fully saturated rings. The number of rotatable bonds is 4. The fraction of sp³-hybridized carbons (Fsp3) is 0.188. The number of amides is 1. The van der Waals surface area contributed by atoms with Crippen molar-refractivity contribution in [1.29, 1.82) is 0 Å². The van der Waals surface area contributed by atoms with Gasteiger partial charge in [-0.05, 0) is 36.4 Å². The van der Waals surface area contributed by atoms with Gasteiger partial charge in [0.2, 0.25) is 0 Å². The largest absolute Gasteiger partial charge is 0.417 e. The minimum Gasteiger partial charge on any atom is -0.345 e. The van der Waals surface area contributed by atoms with Crippen molar-refractivity contribution >= 4 is 33.2 Å². The number of hydrogen-bond donors (Lipinski definition) is 1. The lowest BCUT2D eigenvalue weighted by molar-refractivity contribution is -0.137. The van der Waals surface area contributed by atoms with Crippen molar-refractivity contribution in [3.63, 3.8) is 0 Å². The van der Waals surface area contributed by atoms with Crippen LogP contribution in [0.2, 0.25) is 5.02 Å². The number of carbonyl (C=O) groups is 1. The van der Waals surface area contributed by atoms with E-state index in [2.05, 4.69) is 4.72 Å². The molecule has 0 bridgehead atoms. The highest BCUT2D eigenvalue weighted by Gasteiger charge is 2.34. The summed E-state index contributed by atoms with van der Waals surface area (Å²) in [6.45, 7) is 0. The molecule has 0 atom stereocenters. The Hall–Kier alpha value is -2.26. The van der Waals surface area contributed by atoms with E-state index < -0.39 is 31.7 Å². The van der Waals surface area contributed by atoms with E-state index in [4.69, 9.17) is 11.6 Å². The van der Waals surface area contributed by atoms with Crippen molar-refractivity contribution in [2.24, 2.45) is 0 Å². The molecule has 5 nitrogen and oxygen atoms in total. The van der Waals surface area contributed by atoms with E-state index in [9.17, 15) is 26.4 Å². The van der Waals surface area contributed by atoms with Crippen LogP contribution in [0.5, 0.6) is 0 Å². The summed E-state index contributed by atoms with van der Waals surface area (Å²) in [5.41, 5.74) is -0.984. The van der Waals surface area contributed by atoms with E-state index in [0.29, 0.717) is 6.07 Å². The maximum Gasteiger partial charge on any atom is 0.417 e. The molecule has 2 aromatic carbocycles. The van der Waals surface area contributed by atoms with E-state index in [1.165, 1.54) is 43.3 Å². The third kappa shape index (κ3) is 4.47. The van der Waals surface area contributed by atoms with Gasteiger partial charge in [0.15, 0.2) is 0 Å². The third-order valence-corrected chi connectivity index (χ3v) is 5.03. The number of halogens is 4. The van der Waals surface area contributed by atoms with Crippen molar-refractivity contribution in [2.75, 3.05) is 18.8 Å². The topological polar surface area (TPSA) is 66.5 Å². The molecule has 0 radical (unpaired) electrons. The summed E-state index contributed by atoms with van der Waals surface area (Å²) < 4.78 is 65.7. The van der Waals surface area contributed by atoms with E-state index in [0.717, 1.165) is 12.1 Å². The minimum atomic E-state index is -4.79. The predicted octanol–water partition coefficient (Wildman–Crippen LogP) is 3.86. The van der Waals surface area contributed by atoms with Crippen LogP contribution in [0, 0.1) is 0 Å². The van der Waals surface area contributed by atoms with Gasteiger partial charge < -0.3 is 4.90 Å². The van der Waals surface area contributed by atoms with Crippen LogP contribution in [-0.2, 0) is 16.2 Å². The van der Waals surface area contributed by atoms with Crippen molar-refractivity contribution in [3.05, 3.63) is 58.6 Å². The molecule has 2 rings (SSSR count). The number of nitrogens with zero attached hydrogens (tertiary/aromatic N) is 1. The smallest absolute Gasteiger partial charge is 0.345 e. The lowest BCUT2D eigenvalue weighted by Crippen LogP contribution is -2.22. The van der Waals surface area contributed by atoms with Crippen LogP contribution in [0.4, 0.5) is 18.9 Å². The Bertz CT molecular complexity index is 944. The van der Waals surface area contributed by atoms with Gasteiger partial charge in [-0.1, -0.05) is 17.7 Å². The lowest BCUT2D eigenvalue weighted by Gasteiger charge is -2.14. The molecule has 0 heterocycles. The summed E-state index contributed by atoms with van der Waals surface area (Å²) >= 11 is 5.50. The van der Waals surface area contributed by atoms with Gasteiger partial charge in [0.05, 0.1) is 15.5 Å². The molecule has 0 aliphatic rings. The number of sulfonamides is 1. The Balaban J connectivity index is 2.38. The van der Waals surface area contributed by atoms with E-state index >= 15 is 0 Å². The first kappa shape index (κ1) is 20.1. The van der Waals surface area contributed by atoms with E-state index in [1.54, 1.807) is 0 Å². The van der Waals surface area contributed by atoms with E-state index in [-0.39, 0.29) is 17.2 Å². The number of nitrogens with one attached hydrogen (secondary N) is 1. The van der Waals surface area contributed by atoms with Gasteiger partial charge in [0, 0.05) is 25.3 Å². The predicted molar refractivity (Wildman–Crippen MR) is 91.7 cm³/mol. The zero-order valence-corrected chi connectivity index (χ0v) is 15.2. The van der Waals surface area contributed by atoms with Crippen LogP contribution in [0.25, 0.3) is 0 Å². The van der Waals surface area contributed by atoms with Crippen LogP contribution in [0.15, 0.2) is 47.4 Å². The van der Waals surface area contributed by atoms with Crippen LogP contribution >= 0.6 is 11.6 Å². The molecule has 0 aliphatic heterocycles. The molecule has 0 aromatic heterocycles. The Morgan fingerprint density at radius 2 is 1.77 bits per heavy atom. The normalized spacial score (nSPS) is 11.9. The molecule has 0 unspecified atom stereocenters. The first-order valence-electron chi connectivity index (χ1n) is 7.13. The second-order valence-electron chi connectivity index (χ2n) is 5.53. The molecule has 2 aromatic rings. The Morgan fingerprint density at radius 3 is 2.35 bits per heavy atom. The Morgan fingerprint density at radius 1 is 1.12 bits per heavy atom. The number of anilines is 1. The zero-order valence-electron chi connectivity index (χ0n) is 13.6. The SMILES string of the molecule is CN(C)C(=O)c1cccc(NS(=O)(=O)c2ccc(Cl)c(C(F)(F)F)c2)c1. The van der Waals surface area contributed by atoms with Gasteiger partial charge in [0.1, 0.15) is 0 Å². The van der Waals surface area contributed by atoms with Crippen LogP contribution in [-0.4, -0.2) is 33.3 Å². The molecule has 0 saturated heterocycles. The van der Waals surface area contributed by atoms with Gasteiger partial charge in [-0.15, -0.1) is 0 Å². The summed E-state index contributed by atoms with van der Waals surface area (Å²) in [5.74, 6) is -0.350. The molecule has 0 aliphatic carbocycles. The molecule has 0 saturated carbocycles. The summed E-state index contributed by atoms with van der Waals surface area (Å²) in [5, 5.41) is -0.602. The molecule has 0 spiro atoms. The highest BCUT2D eigenvalue weighted by atomic mass is 35.5. The second-order valence-corrected chi connectivity index (χ2v) is 7.61. The van der Waals surface area contributed by atoms with E-state index in [1.807, 2.05) is 0 Å². The average Bonchev–Trinajstić information content (AvgIpc) is 2.53. The third-order valence-electron chi connectivity index (χ3n) is 3.32. The lowest BCUT2D eigenvalue weighted by atomic mass is 10.2. The van der Waals surface area contributed by atoms with Gasteiger partial charge in [-0.3, -0.25) is 9.52 Å². The first-order valence-corrected chi connectivity index (χ1v) is 8.99. The summed E-state index contributed by atoms with van der Waals surface area (Å²) in [4.78, 5) is 12.6. The Labute approximate surface area is 153 Å². The summed E-state index contributed by atoms with van der Waals surface area (Å²) in [7, 11) is -1.24. The highest BCUT2D eigenvalue weighted by molar-refractivity contribution is 7.92. The number of alkyl halides is 3. The van der Waals surface area contributed by atoms with Crippen molar-refractivity contribution in [2.45, 2.75) is 11.1 Å². The van der Waals surface area contributed by atoms with Crippen molar-refractivity contribution < 1.29 is 26.4 Å². The second kappa shape index (κ2) is 7.16. The average molecular weight is 407 g/mol. The fourth-order valence-corrected chi connectivity index (χ4v) is 3.38. The molecular formula is C16H14ClF3N2O3S. The molecule has 26 heavy (non-hydrogen) atoms. The maximum atomic E-state index is 12.9. The fourth-order valence-electron chi connectivity index (χ4n) is 2.08. The first-order chi connectivity index (χ1) is 11.9. The monoisotopic (exact) mass is 406 g/mol. The number of hydrogen-bond acceptors (Lipinski definition) is 3. The highest BCUT2D eigenvalue weighted by Crippen LogP contribution is 2.36. The Kier molecular flexibility index (Phi) is 5.52.